The summed E-state index contributed by atoms with van der Waals surface area (Å²) in [6.45, 7) is 0. The third-order valence-corrected chi connectivity index (χ3v) is 3.99. The minimum Gasteiger partial charge on any atom is -0.378 e. The molecule has 0 fully saturated rings. The van der Waals surface area contributed by atoms with Crippen molar-refractivity contribution in [2.24, 2.45) is 0 Å². The van der Waals surface area contributed by atoms with E-state index in [1.54, 1.807) is 12.1 Å². The van der Waals surface area contributed by atoms with E-state index in [2.05, 4.69) is 0 Å². The molecule has 0 saturated heterocycles. The van der Waals surface area contributed by atoms with Gasteiger partial charge in [0.2, 0.25) is 0 Å². The van der Waals surface area contributed by atoms with Gasteiger partial charge < -0.3 is 9.74 Å². The van der Waals surface area contributed by atoms with Gasteiger partial charge in [0.1, 0.15) is 0 Å². The first kappa shape index (κ1) is 16.7. The van der Waals surface area contributed by atoms with Crippen molar-refractivity contribution in [2.45, 2.75) is 12.8 Å². The second kappa shape index (κ2) is 6.76. The molecule has 2 aromatic rings. The standard InChI is InChI=1S/C19H18N2O4/c1-20(2)14-7-5-6-13(12-14)10-11-17(22)25-21-18(23)15-8-3-4-9-16(15)19(21)24/h3-9,12H,10-11H2,1-2H3. The van der Waals surface area contributed by atoms with E-state index >= 15 is 0 Å². The zero-order valence-electron chi connectivity index (χ0n) is 14.1. The van der Waals surface area contributed by atoms with Crippen molar-refractivity contribution in [3.05, 3.63) is 65.2 Å². The van der Waals surface area contributed by atoms with E-state index in [0.29, 0.717) is 11.5 Å². The van der Waals surface area contributed by atoms with Gasteiger partial charge in [-0.25, -0.2) is 4.79 Å². The molecule has 3 rings (SSSR count). The first-order chi connectivity index (χ1) is 12.0. The van der Waals surface area contributed by atoms with Crippen LogP contribution < -0.4 is 4.90 Å². The molecule has 128 valence electrons. The summed E-state index contributed by atoms with van der Waals surface area (Å²) in [7, 11) is 3.88. The van der Waals surface area contributed by atoms with Crippen LogP contribution in [0.5, 0.6) is 0 Å². The van der Waals surface area contributed by atoms with Gasteiger partial charge in [-0.15, -0.1) is 0 Å². The second-order valence-electron chi connectivity index (χ2n) is 5.98. The zero-order valence-corrected chi connectivity index (χ0v) is 14.1. The molecule has 1 aliphatic rings. The Hall–Kier alpha value is -3.15. The lowest BCUT2D eigenvalue weighted by atomic mass is 10.1. The van der Waals surface area contributed by atoms with E-state index in [9.17, 15) is 14.4 Å². The van der Waals surface area contributed by atoms with E-state index in [1.165, 1.54) is 12.1 Å². The maximum atomic E-state index is 12.2. The number of carbonyl (C=O) groups is 3. The number of fused-ring (bicyclic) bond motifs is 1. The van der Waals surface area contributed by atoms with Crippen molar-refractivity contribution in [3.8, 4) is 0 Å². The number of nitrogens with zero attached hydrogens (tertiary/aromatic N) is 2. The predicted octanol–water partition coefficient (Wildman–Crippen LogP) is 2.44. The third kappa shape index (κ3) is 3.38. The third-order valence-electron chi connectivity index (χ3n) is 3.99. The average Bonchev–Trinajstić information content (AvgIpc) is 2.85. The molecule has 2 aromatic carbocycles. The monoisotopic (exact) mass is 338 g/mol. The Morgan fingerprint density at radius 2 is 1.64 bits per heavy atom. The van der Waals surface area contributed by atoms with E-state index in [4.69, 9.17) is 4.84 Å². The minimum atomic E-state index is -0.621. The molecule has 6 nitrogen and oxygen atoms in total. The van der Waals surface area contributed by atoms with Gasteiger partial charge in [-0.3, -0.25) is 9.59 Å². The van der Waals surface area contributed by atoms with Gasteiger partial charge in [-0.05, 0) is 36.2 Å². The van der Waals surface area contributed by atoms with Gasteiger partial charge in [0.25, 0.3) is 11.8 Å². The van der Waals surface area contributed by atoms with E-state index in [1.807, 2.05) is 43.3 Å². The molecule has 0 aromatic heterocycles. The van der Waals surface area contributed by atoms with Gasteiger partial charge in [-0.2, -0.15) is 0 Å². The van der Waals surface area contributed by atoms with Gasteiger partial charge in [0.15, 0.2) is 0 Å². The Kier molecular flexibility index (Phi) is 4.52. The van der Waals surface area contributed by atoms with Crippen LogP contribution in [0.25, 0.3) is 0 Å². The van der Waals surface area contributed by atoms with Crippen LogP contribution in [0, 0.1) is 0 Å². The molecule has 0 atom stereocenters. The number of anilines is 1. The molecular formula is C19H18N2O4. The summed E-state index contributed by atoms with van der Waals surface area (Å²) in [5.41, 5.74) is 2.51. The van der Waals surface area contributed by atoms with Crippen LogP contribution in [0.1, 0.15) is 32.7 Å². The summed E-state index contributed by atoms with van der Waals surface area (Å²) in [4.78, 5) is 43.3. The van der Waals surface area contributed by atoms with Gasteiger partial charge in [-0.1, -0.05) is 29.3 Å². The maximum Gasteiger partial charge on any atom is 0.333 e. The lowest BCUT2D eigenvalue weighted by molar-refractivity contribution is -0.168. The SMILES string of the molecule is CN(C)c1cccc(CCC(=O)ON2C(=O)c3ccccc3C2=O)c1. The van der Waals surface area contributed by atoms with Gasteiger partial charge in [0, 0.05) is 19.8 Å². The zero-order chi connectivity index (χ0) is 18.0. The van der Waals surface area contributed by atoms with Crippen LogP contribution in [0.2, 0.25) is 0 Å². The molecule has 0 aliphatic carbocycles. The Labute approximate surface area is 145 Å². The topological polar surface area (TPSA) is 66.9 Å². The lowest BCUT2D eigenvalue weighted by Gasteiger charge is -2.14. The normalized spacial score (nSPS) is 13.0. The smallest absolute Gasteiger partial charge is 0.333 e. The first-order valence-corrected chi connectivity index (χ1v) is 7.92. The summed E-state index contributed by atoms with van der Waals surface area (Å²) < 4.78 is 0. The first-order valence-electron chi connectivity index (χ1n) is 7.92. The molecule has 2 amide bonds. The van der Waals surface area contributed by atoms with Gasteiger partial charge >= 0.3 is 5.97 Å². The Morgan fingerprint density at radius 1 is 1.00 bits per heavy atom. The number of hydrogen-bond acceptors (Lipinski definition) is 5. The van der Waals surface area contributed by atoms with Crippen LogP contribution in [0.15, 0.2) is 48.5 Å². The molecule has 0 radical (unpaired) electrons. The highest BCUT2D eigenvalue weighted by Gasteiger charge is 2.38. The van der Waals surface area contributed by atoms with Crippen LogP contribution in [0.4, 0.5) is 5.69 Å². The molecule has 1 aliphatic heterocycles. The highest BCUT2D eigenvalue weighted by molar-refractivity contribution is 6.20. The highest BCUT2D eigenvalue weighted by Crippen LogP contribution is 2.23. The Bertz CT molecular complexity index is 810. The van der Waals surface area contributed by atoms with Crippen LogP contribution >= 0.6 is 0 Å². The molecule has 0 saturated carbocycles. The van der Waals surface area contributed by atoms with Crippen molar-refractivity contribution < 1.29 is 19.2 Å². The Balaban J connectivity index is 1.61. The summed E-state index contributed by atoms with van der Waals surface area (Å²) in [6, 6.07) is 14.2. The van der Waals surface area contributed by atoms with E-state index < -0.39 is 17.8 Å². The van der Waals surface area contributed by atoms with E-state index in [-0.39, 0.29) is 17.5 Å². The van der Waals surface area contributed by atoms with Crippen LogP contribution in [0.3, 0.4) is 0 Å². The van der Waals surface area contributed by atoms with Crippen molar-refractivity contribution in [1.29, 1.82) is 0 Å². The van der Waals surface area contributed by atoms with Crippen molar-refractivity contribution >= 4 is 23.5 Å². The fourth-order valence-electron chi connectivity index (χ4n) is 2.63. The number of hydrogen-bond donors (Lipinski definition) is 0. The second-order valence-corrected chi connectivity index (χ2v) is 5.98. The molecule has 0 unspecified atom stereocenters. The average molecular weight is 338 g/mol. The number of rotatable bonds is 5. The number of carbonyl (C=O) groups excluding carboxylic acids is 3. The molecule has 0 bridgehead atoms. The number of aryl methyl sites for hydroxylation is 1. The minimum absolute atomic E-state index is 0.0737. The Morgan fingerprint density at radius 3 is 2.24 bits per heavy atom. The molecular weight excluding hydrogens is 320 g/mol. The quantitative estimate of drug-likeness (QED) is 0.784. The number of hydroxylamine groups is 2. The van der Waals surface area contributed by atoms with Crippen molar-refractivity contribution in [1.82, 2.24) is 5.06 Å². The predicted molar refractivity (Wildman–Crippen MR) is 92.1 cm³/mol. The number of imide groups is 1. The fraction of sp³-hybridized carbons (Fsp3) is 0.211. The largest absolute Gasteiger partial charge is 0.378 e. The maximum absolute atomic E-state index is 12.2. The highest BCUT2D eigenvalue weighted by atomic mass is 16.7. The van der Waals surface area contributed by atoms with Crippen LogP contribution in [-0.4, -0.2) is 36.9 Å². The molecule has 25 heavy (non-hydrogen) atoms. The number of benzene rings is 2. The van der Waals surface area contributed by atoms with E-state index in [0.717, 1.165) is 11.3 Å². The fourth-order valence-corrected chi connectivity index (χ4v) is 2.63. The summed E-state index contributed by atoms with van der Waals surface area (Å²) in [6.07, 6.45) is 0.536. The summed E-state index contributed by atoms with van der Waals surface area (Å²) in [5, 5.41) is 0.545. The molecule has 6 heteroatoms. The molecule has 0 N–H and O–H groups in total. The lowest BCUT2D eigenvalue weighted by Crippen LogP contribution is -2.32. The van der Waals surface area contributed by atoms with Crippen LogP contribution in [-0.2, 0) is 16.1 Å². The number of amides is 2. The van der Waals surface area contributed by atoms with Crippen molar-refractivity contribution in [3.63, 3.8) is 0 Å². The summed E-state index contributed by atoms with van der Waals surface area (Å²) in [5.74, 6) is -1.84. The van der Waals surface area contributed by atoms with Gasteiger partial charge in [0.05, 0.1) is 17.5 Å². The molecule has 0 spiro atoms. The van der Waals surface area contributed by atoms with Crippen molar-refractivity contribution in [2.75, 3.05) is 19.0 Å². The molecule has 1 heterocycles. The summed E-state index contributed by atoms with van der Waals surface area (Å²) >= 11 is 0.